The van der Waals surface area contributed by atoms with Gasteiger partial charge >= 0.3 is 5.97 Å². The maximum Gasteiger partial charge on any atom is 0.373 e. The molecular weight excluding hydrogens is 268 g/mol. The summed E-state index contributed by atoms with van der Waals surface area (Å²) in [5.41, 5.74) is 0. The average molecular weight is 294 g/mol. The summed E-state index contributed by atoms with van der Waals surface area (Å²) in [5.74, 6) is 1.48. The first kappa shape index (κ1) is 16.0. The van der Waals surface area contributed by atoms with Crippen LogP contribution in [-0.4, -0.2) is 56.6 Å². The zero-order valence-electron chi connectivity index (χ0n) is 13.5. The fourth-order valence-electron chi connectivity index (χ4n) is 3.01. The number of methoxy groups -OCH3 is 1. The minimum absolute atomic E-state index is 0.198. The third-order valence-corrected chi connectivity index (χ3v) is 4.25. The van der Waals surface area contributed by atoms with E-state index in [0.29, 0.717) is 0 Å². The Labute approximate surface area is 126 Å². The summed E-state index contributed by atoms with van der Waals surface area (Å²) in [5, 5.41) is 0. The number of carbonyl (C=O) groups is 1. The third kappa shape index (κ3) is 4.08. The first-order valence-corrected chi connectivity index (χ1v) is 7.58. The van der Waals surface area contributed by atoms with Gasteiger partial charge in [0.1, 0.15) is 5.76 Å². The Morgan fingerprint density at radius 1 is 1.43 bits per heavy atom. The van der Waals surface area contributed by atoms with Gasteiger partial charge < -0.3 is 14.1 Å². The number of likely N-dealkylation sites (tertiary alicyclic amines) is 1. The number of hydrogen-bond donors (Lipinski definition) is 0. The molecule has 1 aromatic heterocycles. The molecule has 0 bridgehead atoms. The highest BCUT2D eigenvalue weighted by atomic mass is 16.5. The second-order valence-electron chi connectivity index (χ2n) is 6.11. The van der Waals surface area contributed by atoms with Gasteiger partial charge in [0.05, 0.1) is 13.2 Å². The summed E-state index contributed by atoms with van der Waals surface area (Å²) in [6.07, 6.45) is 2.43. The zero-order chi connectivity index (χ0) is 15.4. The van der Waals surface area contributed by atoms with E-state index in [0.717, 1.165) is 31.3 Å². The van der Waals surface area contributed by atoms with Crippen molar-refractivity contribution in [2.45, 2.75) is 25.8 Å². The van der Waals surface area contributed by atoms with Crippen LogP contribution < -0.4 is 0 Å². The smallest absolute Gasteiger partial charge is 0.373 e. The monoisotopic (exact) mass is 294 g/mol. The molecule has 0 N–H and O–H groups in total. The van der Waals surface area contributed by atoms with E-state index < -0.39 is 5.97 Å². The van der Waals surface area contributed by atoms with Crippen LogP contribution >= 0.6 is 0 Å². The van der Waals surface area contributed by atoms with Gasteiger partial charge in [0.15, 0.2) is 0 Å². The average Bonchev–Trinajstić information content (AvgIpc) is 2.95. The fraction of sp³-hybridized carbons (Fsp3) is 0.688. The molecule has 1 fully saturated rings. The van der Waals surface area contributed by atoms with E-state index in [-0.39, 0.29) is 11.8 Å². The van der Waals surface area contributed by atoms with Crippen molar-refractivity contribution in [2.75, 3.05) is 40.8 Å². The Hall–Kier alpha value is -1.33. The van der Waals surface area contributed by atoms with Crippen molar-refractivity contribution < 1.29 is 13.9 Å². The number of piperidine rings is 1. The Kier molecular flexibility index (Phi) is 5.42. The molecule has 0 amide bonds. The molecule has 0 spiro atoms. The summed E-state index contributed by atoms with van der Waals surface area (Å²) in [6, 6.07) is 3.77. The van der Waals surface area contributed by atoms with Crippen LogP contribution in [0, 0.1) is 5.92 Å². The number of hydrogen-bond acceptors (Lipinski definition) is 5. The lowest BCUT2D eigenvalue weighted by Gasteiger charge is -2.36. The molecule has 2 rings (SSSR count). The molecule has 1 atom stereocenters. The molecule has 118 valence electrons. The summed E-state index contributed by atoms with van der Waals surface area (Å²) in [7, 11) is 5.63. The lowest BCUT2D eigenvalue weighted by molar-refractivity contribution is 0.0556. The van der Waals surface area contributed by atoms with Gasteiger partial charge in [-0.2, -0.15) is 0 Å². The molecule has 1 aliphatic heterocycles. The number of nitrogens with zero attached hydrogens (tertiary/aromatic N) is 2. The van der Waals surface area contributed by atoms with Crippen LogP contribution in [0.5, 0.6) is 0 Å². The van der Waals surface area contributed by atoms with Crippen LogP contribution in [-0.2, 0) is 4.74 Å². The molecule has 0 radical (unpaired) electrons. The number of rotatable bonds is 5. The maximum atomic E-state index is 11.4. The molecule has 1 unspecified atom stereocenters. The van der Waals surface area contributed by atoms with Gasteiger partial charge in [0.2, 0.25) is 5.76 Å². The van der Waals surface area contributed by atoms with E-state index in [1.165, 1.54) is 20.0 Å². The lowest BCUT2D eigenvalue weighted by atomic mass is 9.95. The number of ether oxygens (including phenoxy) is 1. The van der Waals surface area contributed by atoms with E-state index in [2.05, 4.69) is 35.6 Å². The molecule has 0 aliphatic carbocycles. The largest absolute Gasteiger partial charge is 0.463 e. The molecular formula is C16H26N2O3. The van der Waals surface area contributed by atoms with E-state index in [9.17, 15) is 4.79 Å². The molecule has 5 nitrogen and oxygen atoms in total. The number of furan rings is 1. The van der Waals surface area contributed by atoms with Crippen LogP contribution in [0.25, 0.3) is 0 Å². The van der Waals surface area contributed by atoms with Crippen molar-refractivity contribution in [1.82, 2.24) is 9.80 Å². The molecule has 1 aliphatic rings. The third-order valence-electron chi connectivity index (χ3n) is 4.25. The summed E-state index contributed by atoms with van der Waals surface area (Å²) >= 11 is 0. The minimum Gasteiger partial charge on any atom is -0.463 e. The molecule has 2 heterocycles. The Morgan fingerprint density at radius 2 is 2.10 bits per heavy atom. The SMILES string of the molecule is COC(=O)c1ccc(C(C)N2CCC(CN(C)C)CC2)o1. The van der Waals surface area contributed by atoms with Crippen molar-refractivity contribution in [2.24, 2.45) is 5.92 Å². The fourth-order valence-corrected chi connectivity index (χ4v) is 3.01. The molecule has 1 saturated heterocycles. The van der Waals surface area contributed by atoms with Gasteiger partial charge in [-0.05, 0) is 65.0 Å². The van der Waals surface area contributed by atoms with E-state index in [1.54, 1.807) is 6.07 Å². The van der Waals surface area contributed by atoms with Crippen LogP contribution in [0.4, 0.5) is 0 Å². The van der Waals surface area contributed by atoms with Crippen LogP contribution in [0.2, 0.25) is 0 Å². The number of carbonyl (C=O) groups excluding carboxylic acids is 1. The van der Waals surface area contributed by atoms with Crippen molar-refractivity contribution in [3.63, 3.8) is 0 Å². The van der Waals surface area contributed by atoms with Crippen LogP contribution in [0.1, 0.15) is 42.1 Å². The highest BCUT2D eigenvalue weighted by Crippen LogP contribution is 2.28. The van der Waals surface area contributed by atoms with Crippen LogP contribution in [0.3, 0.4) is 0 Å². The second kappa shape index (κ2) is 7.09. The normalized spacial score (nSPS) is 18.9. The van der Waals surface area contributed by atoms with Gasteiger partial charge in [-0.1, -0.05) is 0 Å². The molecule has 1 aromatic rings. The van der Waals surface area contributed by atoms with Gasteiger partial charge in [0, 0.05) is 6.54 Å². The zero-order valence-corrected chi connectivity index (χ0v) is 13.5. The maximum absolute atomic E-state index is 11.4. The molecule has 0 aromatic carbocycles. The van der Waals surface area contributed by atoms with Crippen molar-refractivity contribution in [1.29, 1.82) is 0 Å². The quantitative estimate of drug-likeness (QED) is 0.780. The van der Waals surface area contributed by atoms with Crippen molar-refractivity contribution >= 4 is 5.97 Å². The summed E-state index contributed by atoms with van der Waals surface area (Å²) in [6.45, 7) is 5.45. The van der Waals surface area contributed by atoms with Gasteiger partial charge in [0.25, 0.3) is 0 Å². The van der Waals surface area contributed by atoms with E-state index in [4.69, 9.17) is 4.42 Å². The van der Waals surface area contributed by atoms with Crippen molar-refractivity contribution in [3.8, 4) is 0 Å². The molecule has 0 saturated carbocycles. The predicted octanol–water partition coefficient (Wildman–Crippen LogP) is 2.40. The van der Waals surface area contributed by atoms with Crippen LogP contribution in [0.15, 0.2) is 16.5 Å². The minimum atomic E-state index is -0.418. The van der Waals surface area contributed by atoms with Crippen molar-refractivity contribution in [3.05, 3.63) is 23.7 Å². The highest BCUT2D eigenvalue weighted by Gasteiger charge is 2.26. The number of esters is 1. The summed E-state index contributed by atoms with van der Waals surface area (Å²) < 4.78 is 10.3. The summed E-state index contributed by atoms with van der Waals surface area (Å²) in [4.78, 5) is 16.1. The molecule has 21 heavy (non-hydrogen) atoms. The predicted molar refractivity (Wildman–Crippen MR) is 81.3 cm³/mol. The topological polar surface area (TPSA) is 45.9 Å². The van der Waals surface area contributed by atoms with E-state index in [1.807, 2.05) is 6.07 Å². The van der Waals surface area contributed by atoms with Gasteiger partial charge in [-0.15, -0.1) is 0 Å². The highest BCUT2D eigenvalue weighted by molar-refractivity contribution is 5.86. The Bertz CT molecular complexity index is 462. The first-order chi connectivity index (χ1) is 10.0. The Morgan fingerprint density at radius 3 is 2.67 bits per heavy atom. The second-order valence-corrected chi connectivity index (χ2v) is 6.11. The Balaban J connectivity index is 1.91. The van der Waals surface area contributed by atoms with Gasteiger partial charge in [-0.3, -0.25) is 4.90 Å². The van der Waals surface area contributed by atoms with Gasteiger partial charge in [-0.25, -0.2) is 4.79 Å². The van der Waals surface area contributed by atoms with E-state index >= 15 is 0 Å². The first-order valence-electron chi connectivity index (χ1n) is 7.58. The standard InChI is InChI=1S/C16H26N2O3/c1-12(14-5-6-15(21-14)16(19)20-4)18-9-7-13(8-10-18)11-17(2)3/h5-6,12-13H,7-11H2,1-4H3. The lowest BCUT2D eigenvalue weighted by Crippen LogP contribution is -2.38. The molecule has 5 heteroatoms.